The predicted molar refractivity (Wildman–Crippen MR) is 107 cm³/mol. The molecule has 0 saturated heterocycles. The molecule has 0 bridgehead atoms. The lowest BCUT2D eigenvalue weighted by molar-refractivity contribution is -0.147. The highest BCUT2D eigenvalue weighted by atomic mass is 16.5. The van der Waals surface area contributed by atoms with Crippen LogP contribution in [-0.4, -0.2) is 25.2 Å². The number of rotatable bonds is 18. The largest absolute Gasteiger partial charge is 0.466 e. The fourth-order valence-corrected chi connectivity index (χ4v) is 2.90. The van der Waals surface area contributed by atoms with Crippen LogP contribution in [0.2, 0.25) is 0 Å². The molecule has 4 heteroatoms. The molecule has 0 aliphatic carbocycles. The summed E-state index contributed by atoms with van der Waals surface area (Å²) in [7, 11) is 0. The Bertz CT molecular complexity index is 309. The van der Waals surface area contributed by atoms with Crippen molar-refractivity contribution in [1.29, 1.82) is 0 Å². The maximum absolute atomic E-state index is 11.8. The van der Waals surface area contributed by atoms with Crippen LogP contribution in [0.4, 0.5) is 0 Å². The monoisotopic (exact) mass is 370 g/mol. The highest BCUT2D eigenvalue weighted by molar-refractivity contribution is 5.73. The zero-order valence-corrected chi connectivity index (χ0v) is 17.5. The van der Waals surface area contributed by atoms with Crippen LogP contribution < -0.4 is 0 Å². The van der Waals surface area contributed by atoms with Crippen molar-refractivity contribution in [3.8, 4) is 0 Å². The van der Waals surface area contributed by atoms with Gasteiger partial charge in [0.15, 0.2) is 0 Å². The van der Waals surface area contributed by atoms with Gasteiger partial charge in [0, 0.05) is 12.8 Å². The van der Waals surface area contributed by atoms with Crippen LogP contribution in [0.15, 0.2) is 0 Å². The normalized spacial score (nSPS) is 10.9. The molecule has 4 nitrogen and oxygen atoms in total. The summed E-state index contributed by atoms with van der Waals surface area (Å²) >= 11 is 0. The Morgan fingerprint density at radius 3 is 1.35 bits per heavy atom. The second-order valence-electron chi connectivity index (χ2n) is 7.49. The summed E-state index contributed by atoms with van der Waals surface area (Å²) in [6.45, 7) is 7.30. The highest BCUT2D eigenvalue weighted by Gasteiger charge is 2.15. The molecule has 0 aliphatic rings. The molecule has 0 amide bonds. The van der Waals surface area contributed by atoms with Gasteiger partial charge in [-0.15, -0.1) is 0 Å². The molecule has 0 N–H and O–H groups in total. The Balaban J connectivity index is 3.53. The van der Waals surface area contributed by atoms with E-state index < -0.39 is 0 Å². The molecule has 0 rings (SSSR count). The van der Waals surface area contributed by atoms with Crippen LogP contribution in [0.5, 0.6) is 0 Å². The van der Waals surface area contributed by atoms with E-state index >= 15 is 0 Å². The van der Waals surface area contributed by atoms with Gasteiger partial charge in [0.1, 0.15) is 0 Å². The van der Waals surface area contributed by atoms with Crippen LogP contribution in [0, 0.1) is 5.92 Å². The zero-order chi connectivity index (χ0) is 19.5. The Morgan fingerprint density at radius 2 is 0.962 bits per heavy atom. The van der Waals surface area contributed by atoms with E-state index in [2.05, 4.69) is 13.8 Å². The molecule has 0 saturated carbocycles. The van der Waals surface area contributed by atoms with Gasteiger partial charge in [-0.3, -0.25) is 9.59 Å². The first-order valence-corrected chi connectivity index (χ1v) is 10.9. The highest BCUT2D eigenvalue weighted by Crippen LogP contribution is 2.11. The standard InChI is InChI=1S/C22H42O4/c1-4-6-8-10-12-14-16-25-21(23)18-20(3)19-22(24)26-17-15-13-11-9-7-5-2/h20H,4-19H2,1-3H3. The first-order chi connectivity index (χ1) is 12.6. The molecule has 0 aromatic heterocycles. The van der Waals surface area contributed by atoms with Crippen LogP contribution in [0.1, 0.15) is 111 Å². The fourth-order valence-electron chi connectivity index (χ4n) is 2.90. The van der Waals surface area contributed by atoms with Gasteiger partial charge in [-0.05, 0) is 18.8 Å². The van der Waals surface area contributed by atoms with Gasteiger partial charge in [-0.2, -0.15) is 0 Å². The number of unbranched alkanes of at least 4 members (excludes halogenated alkanes) is 10. The third-order valence-corrected chi connectivity index (χ3v) is 4.55. The molecule has 154 valence electrons. The quantitative estimate of drug-likeness (QED) is 0.212. The van der Waals surface area contributed by atoms with Crippen molar-refractivity contribution >= 4 is 11.9 Å². The maximum Gasteiger partial charge on any atom is 0.306 e. The summed E-state index contributed by atoms with van der Waals surface area (Å²) in [5, 5.41) is 0. The Morgan fingerprint density at radius 1 is 0.615 bits per heavy atom. The molecule has 0 heterocycles. The molecular weight excluding hydrogens is 328 g/mol. The number of carbonyl (C=O) groups is 2. The van der Waals surface area contributed by atoms with Gasteiger partial charge in [-0.1, -0.05) is 85.0 Å². The third kappa shape index (κ3) is 17.8. The topological polar surface area (TPSA) is 52.6 Å². The van der Waals surface area contributed by atoms with Crippen molar-refractivity contribution < 1.29 is 19.1 Å². The van der Waals surface area contributed by atoms with E-state index in [9.17, 15) is 9.59 Å². The van der Waals surface area contributed by atoms with Crippen LogP contribution >= 0.6 is 0 Å². The smallest absolute Gasteiger partial charge is 0.306 e. The van der Waals surface area contributed by atoms with Gasteiger partial charge < -0.3 is 9.47 Å². The van der Waals surface area contributed by atoms with Crippen LogP contribution in [-0.2, 0) is 19.1 Å². The Labute approximate surface area is 161 Å². The molecule has 0 aliphatic heterocycles. The Hall–Kier alpha value is -1.06. The van der Waals surface area contributed by atoms with Crippen molar-refractivity contribution in [1.82, 2.24) is 0 Å². The summed E-state index contributed by atoms with van der Waals surface area (Å²) in [5.74, 6) is -0.423. The molecule has 0 aromatic carbocycles. The van der Waals surface area contributed by atoms with E-state index in [0.29, 0.717) is 26.1 Å². The lowest BCUT2D eigenvalue weighted by Crippen LogP contribution is -2.15. The van der Waals surface area contributed by atoms with Crippen LogP contribution in [0.25, 0.3) is 0 Å². The summed E-state index contributed by atoms with van der Waals surface area (Å²) in [6, 6.07) is 0. The Kier molecular flexibility index (Phi) is 18.0. The van der Waals surface area contributed by atoms with Gasteiger partial charge in [0.2, 0.25) is 0 Å². The SMILES string of the molecule is CCCCCCCCOC(=O)CC(C)CC(=O)OCCCCCCCC. The second-order valence-corrected chi connectivity index (χ2v) is 7.49. The third-order valence-electron chi connectivity index (χ3n) is 4.55. The summed E-state index contributed by atoms with van der Waals surface area (Å²) in [4.78, 5) is 23.6. The molecule has 0 atom stereocenters. The first kappa shape index (κ1) is 24.9. The molecule has 0 aromatic rings. The van der Waals surface area contributed by atoms with Gasteiger partial charge in [0.05, 0.1) is 13.2 Å². The van der Waals surface area contributed by atoms with E-state index in [0.717, 1.165) is 25.7 Å². The summed E-state index contributed by atoms with van der Waals surface area (Å²) in [5.41, 5.74) is 0. The van der Waals surface area contributed by atoms with Crippen molar-refractivity contribution in [3.63, 3.8) is 0 Å². The lowest BCUT2D eigenvalue weighted by atomic mass is 10.0. The first-order valence-electron chi connectivity index (χ1n) is 10.9. The average Bonchev–Trinajstić information content (AvgIpc) is 2.60. The number of ether oxygens (including phenoxy) is 2. The van der Waals surface area contributed by atoms with Gasteiger partial charge >= 0.3 is 11.9 Å². The van der Waals surface area contributed by atoms with Gasteiger partial charge in [0.25, 0.3) is 0 Å². The van der Waals surface area contributed by atoms with Crippen molar-refractivity contribution in [2.24, 2.45) is 5.92 Å². The molecular formula is C22H42O4. The minimum Gasteiger partial charge on any atom is -0.466 e. The molecule has 0 radical (unpaired) electrons. The number of carbonyl (C=O) groups excluding carboxylic acids is 2. The number of hydrogen-bond donors (Lipinski definition) is 0. The number of esters is 2. The van der Waals surface area contributed by atoms with Crippen molar-refractivity contribution in [3.05, 3.63) is 0 Å². The van der Waals surface area contributed by atoms with E-state index in [1.807, 2.05) is 6.92 Å². The van der Waals surface area contributed by atoms with E-state index in [1.165, 1.54) is 51.4 Å². The van der Waals surface area contributed by atoms with Crippen LogP contribution in [0.3, 0.4) is 0 Å². The predicted octanol–water partition coefficient (Wildman–Crippen LogP) is 6.21. The van der Waals surface area contributed by atoms with Crippen molar-refractivity contribution in [2.45, 2.75) is 111 Å². The fraction of sp³-hybridized carbons (Fsp3) is 0.909. The second kappa shape index (κ2) is 18.7. The maximum atomic E-state index is 11.8. The zero-order valence-electron chi connectivity index (χ0n) is 17.5. The molecule has 0 spiro atoms. The minimum absolute atomic E-state index is 0.0240. The number of hydrogen-bond acceptors (Lipinski definition) is 4. The molecule has 0 unspecified atom stereocenters. The van der Waals surface area contributed by atoms with E-state index in [1.54, 1.807) is 0 Å². The molecule has 0 fully saturated rings. The van der Waals surface area contributed by atoms with E-state index in [-0.39, 0.29) is 17.9 Å². The minimum atomic E-state index is -0.199. The van der Waals surface area contributed by atoms with Gasteiger partial charge in [-0.25, -0.2) is 0 Å². The lowest BCUT2D eigenvalue weighted by Gasteiger charge is -2.11. The molecule has 26 heavy (non-hydrogen) atoms. The summed E-state index contributed by atoms with van der Waals surface area (Å²) < 4.78 is 10.5. The van der Waals surface area contributed by atoms with E-state index in [4.69, 9.17) is 9.47 Å². The average molecular weight is 371 g/mol. The summed E-state index contributed by atoms with van der Waals surface area (Å²) in [6.07, 6.45) is 14.7. The van der Waals surface area contributed by atoms with Crippen molar-refractivity contribution in [2.75, 3.05) is 13.2 Å².